The minimum absolute atomic E-state index is 0.0437. The third-order valence-corrected chi connectivity index (χ3v) is 4.09. The number of hydrogen-bond donors (Lipinski definition) is 2. The zero-order valence-electron chi connectivity index (χ0n) is 13.1. The molecule has 120 valence electrons. The van der Waals surface area contributed by atoms with Crippen LogP contribution in [-0.4, -0.2) is 28.6 Å². The Morgan fingerprint density at radius 1 is 1.45 bits per heavy atom. The van der Waals surface area contributed by atoms with Crippen LogP contribution in [-0.2, 0) is 11.2 Å². The first-order valence-corrected chi connectivity index (χ1v) is 8.27. The number of carbonyl (C=O) groups excluding carboxylic acids is 1. The number of aromatic nitrogens is 1. The molecular weight excluding hydrogens is 300 g/mol. The summed E-state index contributed by atoms with van der Waals surface area (Å²) < 4.78 is 5.53. The van der Waals surface area contributed by atoms with Crippen LogP contribution in [0.3, 0.4) is 0 Å². The van der Waals surface area contributed by atoms with Crippen LogP contribution in [0, 0.1) is 12.8 Å². The number of hydrogen-bond acceptors (Lipinski definition) is 5. The summed E-state index contributed by atoms with van der Waals surface area (Å²) in [5, 5.41) is 14.8. The highest BCUT2D eigenvalue weighted by Gasteiger charge is 2.15. The first kappa shape index (κ1) is 16.7. The fourth-order valence-corrected chi connectivity index (χ4v) is 3.02. The molecule has 1 amide bonds. The molecule has 0 fully saturated rings. The second kappa shape index (κ2) is 7.56. The van der Waals surface area contributed by atoms with E-state index in [1.807, 2.05) is 24.4 Å². The van der Waals surface area contributed by atoms with Crippen molar-refractivity contribution in [2.45, 2.75) is 39.7 Å². The lowest BCUT2D eigenvalue weighted by molar-refractivity contribution is -0.121. The average Bonchev–Trinajstić information content (AvgIpc) is 3.06. The van der Waals surface area contributed by atoms with Crippen LogP contribution < -0.4 is 5.32 Å². The van der Waals surface area contributed by atoms with Gasteiger partial charge in [-0.15, -0.1) is 11.3 Å². The minimum atomic E-state index is -0.196. The topological polar surface area (TPSA) is 75.4 Å². The second-order valence-corrected chi connectivity index (χ2v) is 6.67. The second-order valence-electron chi connectivity index (χ2n) is 5.81. The van der Waals surface area contributed by atoms with Gasteiger partial charge in [0.15, 0.2) is 10.8 Å². The Labute approximate surface area is 134 Å². The maximum atomic E-state index is 12.0. The third-order valence-electron chi connectivity index (χ3n) is 3.19. The third kappa shape index (κ3) is 4.68. The molecule has 0 aliphatic rings. The summed E-state index contributed by atoms with van der Waals surface area (Å²) in [7, 11) is 0. The molecule has 0 aliphatic carbocycles. The fourth-order valence-electron chi connectivity index (χ4n) is 2.24. The molecule has 1 atom stereocenters. The minimum Gasteiger partial charge on any atom is -0.459 e. The molecule has 0 saturated heterocycles. The number of aliphatic hydroxyl groups is 1. The number of nitrogens with zero attached hydrogens (tertiary/aromatic N) is 1. The highest BCUT2D eigenvalue weighted by atomic mass is 32.1. The van der Waals surface area contributed by atoms with E-state index in [2.05, 4.69) is 24.1 Å². The van der Waals surface area contributed by atoms with Crippen LogP contribution in [0.4, 0.5) is 0 Å². The van der Waals surface area contributed by atoms with E-state index in [1.165, 1.54) is 11.3 Å². The summed E-state index contributed by atoms with van der Waals surface area (Å²) in [6, 6.07) is 3.57. The monoisotopic (exact) mass is 322 g/mol. The smallest absolute Gasteiger partial charge is 0.226 e. The number of aryl methyl sites for hydroxylation is 1. The number of amides is 1. The lowest BCUT2D eigenvalue weighted by Crippen LogP contribution is -2.39. The van der Waals surface area contributed by atoms with Gasteiger partial charge in [0.1, 0.15) is 5.76 Å². The largest absolute Gasteiger partial charge is 0.459 e. The molecule has 0 aromatic carbocycles. The summed E-state index contributed by atoms with van der Waals surface area (Å²) in [5.74, 6) is 1.86. The molecule has 6 heteroatoms. The molecule has 0 saturated carbocycles. The van der Waals surface area contributed by atoms with Gasteiger partial charge in [-0.05, 0) is 31.4 Å². The van der Waals surface area contributed by atoms with Crippen molar-refractivity contribution in [1.82, 2.24) is 10.3 Å². The Morgan fingerprint density at radius 2 is 2.23 bits per heavy atom. The van der Waals surface area contributed by atoms with Gasteiger partial charge in [0.05, 0.1) is 24.8 Å². The summed E-state index contributed by atoms with van der Waals surface area (Å²) in [6.07, 6.45) is 0.973. The molecule has 2 heterocycles. The maximum absolute atomic E-state index is 12.0. The number of rotatable bonds is 7. The molecule has 2 aromatic rings. The molecule has 5 nitrogen and oxygen atoms in total. The van der Waals surface area contributed by atoms with Crippen molar-refractivity contribution in [1.29, 1.82) is 0 Å². The van der Waals surface area contributed by atoms with Crippen molar-refractivity contribution in [3.8, 4) is 10.8 Å². The number of furan rings is 1. The summed E-state index contributed by atoms with van der Waals surface area (Å²) in [6.45, 7) is 5.97. The van der Waals surface area contributed by atoms with Crippen LogP contribution >= 0.6 is 11.3 Å². The highest BCUT2D eigenvalue weighted by Crippen LogP contribution is 2.25. The number of carbonyl (C=O) groups is 1. The highest BCUT2D eigenvalue weighted by molar-refractivity contribution is 7.13. The Morgan fingerprint density at radius 3 is 2.82 bits per heavy atom. The lowest BCUT2D eigenvalue weighted by atomic mass is 10.0. The van der Waals surface area contributed by atoms with E-state index in [9.17, 15) is 9.90 Å². The first-order valence-electron chi connectivity index (χ1n) is 7.39. The standard InChI is InChI=1S/C16H22N2O3S/c1-10(2)6-12(8-19)17-15(20)7-13-9-22-16(18-13)14-5-4-11(3)21-14/h4-5,9-10,12,19H,6-8H2,1-3H3,(H,17,20). The first-order chi connectivity index (χ1) is 10.5. The molecule has 1 unspecified atom stereocenters. The van der Waals surface area contributed by atoms with E-state index in [0.29, 0.717) is 11.6 Å². The molecule has 0 radical (unpaired) electrons. The van der Waals surface area contributed by atoms with Gasteiger partial charge in [-0.3, -0.25) is 4.79 Å². The Hall–Kier alpha value is -1.66. The predicted octanol–water partition coefficient (Wildman–Crippen LogP) is 2.78. The quantitative estimate of drug-likeness (QED) is 0.822. The van der Waals surface area contributed by atoms with Crippen LogP contribution in [0.15, 0.2) is 21.9 Å². The van der Waals surface area contributed by atoms with Crippen LogP contribution in [0.2, 0.25) is 0 Å². The number of thiazole rings is 1. The van der Waals surface area contributed by atoms with E-state index in [4.69, 9.17) is 4.42 Å². The summed E-state index contributed by atoms with van der Waals surface area (Å²) in [4.78, 5) is 16.5. The fraction of sp³-hybridized carbons (Fsp3) is 0.500. The van der Waals surface area contributed by atoms with E-state index in [1.54, 1.807) is 0 Å². The molecule has 0 bridgehead atoms. The van der Waals surface area contributed by atoms with Gasteiger partial charge in [-0.2, -0.15) is 0 Å². The molecule has 2 rings (SSSR count). The van der Waals surface area contributed by atoms with Crippen LogP contribution in [0.25, 0.3) is 10.8 Å². The van der Waals surface area contributed by atoms with Gasteiger partial charge in [0.25, 0.3) is 0 Å². The van der Waals surface area contributed by atoms with Gasteiger partial charge < -0.3 is 14.8 Å². The molecule has 0 aliphatic heterocycles. The Bertz CT molecular complexity index is 618. The molecule has 2 aromatic heterocycles. The Kier molecular flexibility index (Phi) is 5.74. The Balaban J connectivity index is 1.93. The van der Waals surface area contributed by atoms with E-state index >= 15 is 0 Å². The van der Waals surface area contributed by atoms with Gasteiger partial charge in [0.2, 0.25) is 5.91 Å². The van der Waals surface area contributed by atoms with Gasteiger partial charge >= 0.3 is 0 Å². The predicted molar refractivity (Wildman–Crippen MR) is 86.7 cm³/mol. The van der Waals surface area contributed by atoms with Gasteiger partial charge in [0, 0.05) is 5.38 Å². The average molecular weight is 322 g/mol. The van der Waals surface area contributed by atoms with Crippen molar-refractivity contribution in [3.05, 3.63) is 29.0 Å². The number of nitrogens with one attached hydrogen (secondary N) is 1. The molecule has 2 N–H and O–H groups in total. The molecule has 22 heavy (non-hydrogen) atoms. The molecule has 0 spiro atoms. The van der Waals surface area contributed by atoms with Crippen LogP contribution in [0.5, 0.6) is 0 Å². The van der Waals surface area contributed by atoms with E-state index < -0.39 is 0 Å². The number of aliphatic hydroxyl groups excluding tert-OH is 1. The van der Waals surface area contributed by atoms with Crippen molar-refractivity contribution >= 4 is 17.2 Å². The normalized spacial score (nSPS) is 12.6. The van der Waals surface area contributed by atoms with Crippen molar-refractivity contribution < 1.29 is 14.3 Å². The summed E-state index contributed by atoms with van der Waals surface area (Å²) >= 11 is 1.46. The van der Waals surface area contributed by atoms with Crippen molar-refractivity contribution in [3.63, 3.8) is 0 Å². The van der Waals surface area contributed by atoms with E-state index in [-0.39, 0.29) is 25.0 Å². The summed E-state index contributed by atoms with van der Waals surface area (Å²) in [5.41, 5.74) is 0.716. The maximum Gasteiger partial charge on any atom is 0.226 e. The van der Waals surface area contributed by atoms with Crippen LogP contribution in [0.1, 0.15) is 31.7 Å². The lowest BCUT2D eigenvalue weighted by Gasteiger charge is -2.17. The van der Waals surface area contributed by atoms with E-state index in [0.717, 1.165) is 22.9 Å². The van der Waals surface area contributed by atoms with Gasteiger partial charge in [-0.1, -0.05) is 13.8 Å². The zero-order valence-corrected chi connectivity index (χ0v) is 13.9. The SMILES string of the molecule is Cc1ccc(-c2nc(CC(=O)NC(CO)CC(C)C)cs2)o1. The molecular formula is C16H22N2O3S. The van der Waals surface area contributed by atoms with Crippen molar-refractivity contribution in [2.24, 2.45) is 5.92 Å². The zero-order chi connectivity index (χ0) is 16.1. The van der Waals surface area contributed by atoms with Crippen molar-refractivity contribution in [2.75, 3.05) is 6.61 Å². The van der Waals surface area contributed by atoms with Gasteiger partial charge in [-0.25, -0.2) is 4.98 Å².